The lowest BCUT2D eigenvalue weighted by Gasteiger charge is -2.33. The van der Waals surface area contributed by atoms with Gasteiger partial charge in [-0.25, -0.2) is 0 Å². The summed E-state index contributed by atoms with van der Waals surface area (Å²) in [6.45, 7) is 5.58. The van der Waals surface area contributed by atoms with E-state index in [1.54, 1.807) is 7.11 Å². The third-order valence-electron chi connectivity index (χ3n) is 5.42. The van der Waals surface area contributed by atoms with Crippen LogP contribution in [0.2, 0.25) is 0 Å². The number of carbonyl (C=O) groups excluding carboxylic acids is 1. The number of nitrogens with one attached hydrogen (secondary N) is 1. The summed E-state index contributed by atoms with van der Waals surface area (Å²) < 4.78 is 11.2. The summed E-state index contributed by atoms with van der Waals surface area (Å²) in [5.74, 6) is 0.613. The van der Waals surface area contributed by atoms with Gasteiger partial charge in [0, 0.05) is 31.6 Å². The summed E-state index contributed by atoms with van der Waals surface area (Å²) in [4.78, 5) is 19.8. The Bertz CT molecular complexity index is 1020. The molecule has 6 heteroatoms. The topological polar surface area (TPSA) is 63.7 Å². The lowest BCUT2D eigenvalue weighted by atomic mass is 10.1. The first-order chi connectivity index (χ1) is 14.6. The fraction of sp³-hybridized carbons (Fsp3) is 0.333. The predicted octanol–water partition coefficient (Wildman–Crippen LogP) is 3.18. The Hall–Kier alpha value is -2.96. The molecule has 6 nitrogen and oxygen atoms in total. The summed E-state index contributed by atoms with van der Waals surface area (Å²) in [6, 6.07) is 18.0. The third-order valence-corrected chi connectivity index (χ3v) is 5.42. The Morgan fingerprint density at radius 2 is 2.07 bits per heavy atom. The highest BCUT2D eigenvalue weighted by atomic mass is 16.5. The number of hydrogen-bond donors (Lipinski definition) is 1. The van der Waals surface area contributed by atoms with Crippen molar-refractivity contribution in [3.8, 4) is 5.75 Å². The molecule has 0 radical (unpaired) electrons. The molecule has 30 heavy (non-hydrogen) atoms. The van der Waals surface area contributed by atoms with Crippen molar-refractivity contribution in [2.24, 2.45) is 0 Å². The lowest BCUT2D eigenvalue weighted by Crippen LogP contribution is -2.47. The van der Waals surface area contributed by atoms with Crippen molar-refractivity contribution < 1.29 is 14.3 Å². The highest BCUT2D eigenvalue weighted by molar-refractivity contribution is 5.98. The van der Waals surface area contributed by atoms with E-state index in [0.29, 0.717) is 24.4 Å². The molecule has 1 N–H and O–H groups in total. The first-order valence-electron chi connectivity index (χ1n) is 10.2. The molecule has 156 valence electrons. The normalized spacial score (nSPS) is 17.1. The number of amides is 1. The van der Waals surface area contributed by atoms with Crippen LogP contribution < -0.4 is 10.1 Å². The zero-order chi connectivity index (χ0) is 20.9. The fourth-order valence-electron chi connectivity index (χ4n) is 3.80. The molecular weight excluding hydrogens is 378 g/mol. The maximum Gasteiger partial charge on any atom is 0.253 e. The van der Waals surface area contributed by atoms with Gasteiger partial charge in [-0.1, -0.05) is 30.3 Å². The van der Waals surface area contributed by atoms with Crippen molar-refractivity contribution >= 4 is 16.8 Å². The Balaban J connectivity index is 1.38. The van der Waals surface area contributed by atoms with Gasteiger partial charge in [0.05, 0.1) is 36.6 Å². The van der Waals surface area contributed by atoms with Crippen LogP contribution in [-0.2, 0) is 11.3 Å². The molecule has 0 spiro atoms. The predicted molar refractivity (Wildman–Crippen MR) is 117 cm³/mol. The van der Waals surface area contributed by atoms with Gasteiger partial charge in [0.2, 0.25) is 0 Å². The number of morpholine rings is 1. The summed E-state index contributed by atoms with van der Waals surface area (Å²) in [5, 5.41) is 3.91. The average Bonchev–Trinajstić information content (AvgIpc) is 2.77. The number of aromatic nitrogens is 1. The van der Waals surface area contributed by atoms with Crippen LogP contribution in [0, 0.1) is 6.92 Å². The molecule has 2 heterocycles. The number of aryl methyl sites for hydroxylation is 1. The number of ether oxygens (including phenoxy) is 2. The molecule has 0 saturated carbocycles. The molecule has 1 saturated heterocycles. The molecule has 1 aromatic heterocycles. The van der Waals surface area contributed by atoms with E-state index < -0.39 is 0 Å². The molecule has 1 amide bonds. The monoisotopic (exact) mass is 405 g/mol. The van der Waals surface area contributed by atoms with Gasteiger partial charge in [-0.2, -0.15) is 0 Å². The lowest BCUT2D eigenvalue weighted by molar-refractivity contribution is -0.0292. The SMILES string of the molecule is COc1ccc2nc(C)c(C(=O)NC[C@@H]3CN(Cc4ccccc4)CCO3)cc2c1. The van der Waals surface area contributed by atoms with E-state index in [9.17, 15) is 4.79 Å². The number of carbonyl (C=O) groups is 1. The zero-order valence-corrected chi connectivity index (χ0v) is 17.4. The Labute approximate surface area is 176 Å². The number of nitrogens with zero attached hydrogens (tertiary/aromatic N) is 2. The number of pyridine rings is 1. The van der Waals surface area contributed by atoms with Gasteiger partial charge < -0.3 is 14.8 Å². The highest BCUT2D eigenvalue weighted by Gasteiger charge is 2.22. The Morgan fingerprint density at radius 1 is 1.23 bits per heavy atom. The van der Waals surface area contributed by atoms with E-state index in [2.05, 4.69) is 39.5 Å². The highest BCUT2D eigenvalue weighted by Crippen LogP contribution is 2.22. The van der Waals surface area contributed by atoms with Crippen molar-refractivity contribution in [3.63, 3.8) is 0 Å². The second-order valence-corrected chi connectivity index (χ2v) is 7.60. The molecule has 2 aromatic carbocycles. The van der Waals surface area contributed by atoms with Gasteiger partial charge in [0.15, 0.2) is 0 Å². The summed E-state index contributed by atoms with van der Waals surface area (Å²) in [5.41, 5.74) is 3.42. The van der Waals surface area contributed by atoms with E-state index in [1.807, 2.05) is 37.3 Å². The first-order valence-corrected chi connectivity index (χ1v) is 10.2. The smallest absolute Gasteiger partial charge is 0.253 e. The molecule has 4 rings (SSSR count). The summed E-state index contributed by atoms with van der Waals surface area (Å²) in [6.07, 6.45) is -0.0276. The third kappa shape index (κ3) is 4.78. The molecule has 1 atom stereocenters. The van der Waals surface area contributed by atoms with Gasteiger partial charge in [-0.05, 0) is 36.8 Å². The van der Waals surface area contributed by atoms with Crippen LogP contribution in [-0.4, -0.2) is 55.2 Å². The van der Waals surface area contributed by atoms with E-state index in [4.69, 9.17) is 9.47 Å². The van der Waals surface area contributed by atoms with E-state index in [-0.39, 0.29) is 12.0 Å². The van der Waals surface area contributed by atoms with Gasteiger partial charge in [0.25, 0.3) is 5.91 Å². The van der Waals surface area contributed by atoms with Crippen LogP contribution in [0.4, 0.5) is 0 Å². The van der Waals surface area contributed by atoms with Crippen molar-refractivity contribution in [2.45, 2.75) is 19.6 Å². The van der Waals surface area contributed by atoms with Gasteiger partial charge in [-0.15, -0.1) is 0 Å². The first kappa shape index (κ1) is 20.3. The number of methoxy groups -OCH3 is 1. The molecule has 0 aliphatic carbocycles. The van der Waals surface area contributed by atoms with Crippen LogP contribution in [0.5, 0.6) is 5.75 Å². The summed E-state index contributed by atoms with van der Waals surface area (Å²) >= 11 is 0. The minimum Gasteiger partial charge on any atom is -0.497 e. The molecular formula is C24H27N3O3. The number of hydrogen-bond acceptors (Lipinski definition) is 5. The van der Waals surface area contributed by atoms with E-state index in [0.717, 1.165) is 36.3 Å². The Kier molecular flexibility index (Phi) is 6.26. The number of rotatable bonds is 6. The molecule has 1 aliphatic heterocycles. The van der Waals surface area contributed by atoms with Gasteiger partial charge in [0.1, 0.15) is 5.75 Å². The summed E-state index contributed by atoms with van der Waals surface area (Å²) in [7, 11) is 1.63. The van der Waals surface area contributed by atoms with Crippen molar-refractivity contribution in [3.05, 3.63) is 71.4 Å². The standard InChI is InChI=1S/C24H27N3O3/c1-17-22(13-19-12-20(29-2)8-9-23(19)26-17)24(28)25-14-21-16-27(10-11-30-21)15-18-6-4-3-5-7-18/h3-9,12-13,21H,10-11,14-16H2,1-2H3,(H,25,28)/t21-/m1/s1. The quantitative estimate of drug-likeness (QED) is 0.682. The van der Waals surface area contributed by atoms with E-state index in [1.165, 1.54) is 5.56 Å². The van der Waals surface area contributed by atoms with Crippen molar-refractivity contribution in [1.29, 1.82) is 0 Å². The fourth-order valence-corrected chi connectivity index (χ4v) is 3.80. The minimum atomic E-state index is -0.131. The Morgan fingerprint density at radius 3 is 2.87 bits per heavy atom. The van der Waals surface area contributed by atoms with Crippen LogP contribution in [0.1, 0.15) is 21.6 Å². The maximum atomic E-state index is 12.8. The number of benzene rings is 2. The molecule has 0 bridgehead atoms. The maximum absolute atomic E-state index is 12.8. The van der Waals surface area contributed by atoms with Crippen LogP contribution in [0.3, 0.4) is 0 Å². The average molecular weight is 405 g/mol. The molecule has 0 unspecified atom stereocenters. The second kappa shape index (κ2) is 9.24. The van der Waals surface area contributed by atoms with Crippen LogP contribution in [0.15, 0.2) is 54.6 Å². The van der Waals surface area contributed by atoms with E-state index >= 15 is 0 Å². The zero-order valence-electron chi connectivity index (χ0n) is 17.4. The molecule has 3 aromatic rings. The van der Waals surface area contributed by atoms with Gasteiger partial charge in [-0.3, -0.25) is 14.7 Å². The van der Waals surface area contributed by atoms with Crippen molar-refractivity contribution in [1.82, 2.24) is 15.2 Å². The molecule has 1 aliphatic rings. The number of fused-ring (bicyclic) bond motifs is 1. The van der Waals surface area contributed by atoms with Gasteiger partial charge >= 0.3 is 0 Å². The second-order valence-electron chi connectivity index (χ2n) is 7.60. The van der Waals surface area contributed by atoms with Crippen molar-refractivity contribution in [2.75, 3.05) is 33.4 Å². The van der Waals surface area contributed by atoms with Crippen LogP contribution in [0.25, 0.3) is 10.9 Å². The minimum absolute atomic E-state index is 0.0276. The largest absolute Gasteiger partial charge is 0.497 e. The molecule has 1 fully saturated rings. The van der Waals surface area contributed by atoms with Crippen LogP contribution >= 0.6 is 0 Å².